The minimum Gasteiger partial charge on any atom is -0.480 e. The second-order valence-corrected chi connectivity index (χ2v) is 2.60. The van der Waals surface area contributed by atoms with Gasteiger partial charge in [0.05, 0.1) is 6.04 Å². The number of hydrogen-bond donors (Lipinski definition) is 3. The first-order valence-electron chi connectivity index (χ1n) is 3.71. The van der Waals surface area contributed by atoms with Crippen LogP contribution in [0.5, 0.6) is 0 Å². The van der Waals surface area contributed by atoms with Gasteiger partial charge in [-0.15, -0.1) is 12.3 Å². The van der Waals surface area contributed by atoms with E-state index in [1.165, 1.54) is 6.92 Å². The van der Waals surface area contributed by atoms with Crippen LogP contribution in [0.1, 0.15) is 13.3 Å². The number of hydrogen-bond acceptors (Lipinski definition) is 3. The lowest BCUT2D eigenvalue weighted by Crippen LogP contribution is -2.47. The van der Waals surface area contributed by atoms with E-state index in [0.29, 0.717) is 0 Å². The molecule has 0 heterocycles. The maximum atomic E-state index is 11.0. The zero-order valence-corrected chi connectivity index (χ0v) is 7.28. The average Bonchev–Trinajstić information content (AvgIpc) is 2.03. The molecule has 0 saturated carbocycles. The fourth-order valence-corrected chi connectivity index (χ4v) is 0.621. The Morgan fingerprint density at radius 2 is 2.23 bits per heavy atom. The van der Waals surface area contributed by atoms with Gasteiger partial charge in [-0.1, -0.05) is 0 Å². The molecule has 0 aliphatic carbocycles. The highest BCUT2D eigenvalue weighted by Crippen LogP contribution is 1.91. The summed E-state index contributed by atoms with van der Waals surface area (Å²) in [6.45, 7) is 1.46. The van der Waals surface area contributed by atoms with E-state index in [1.54, 1.807) is 0 Å². The summed E-state index contributed by atoms with van der Waals surface area (Å²) in [5, 5.41) is 10.8. The number of nitrogens with one attached hydrogen (secondary N) is 1. The summed E-state index contributed by atoms with van der Waals surface area (Å²) < 4.78 is 0. The van der Waals surface area contributed by atoms with Gasteiger partial charge in [0.1, 0.15) is 6.04 Å². The second kappa shape index (κ2) is 5.17. The van der Waals surface area contributed by atoms with Crippen LogP contribution in [0.15, 0.2) is 0 Å². The number of nitrogens with two attached hydrogens (primary N) is 1. The molecule has 0 saturated heterocycles. The Morgan fingerprint density at radius 3 is 2.54 bits per heavy atom. The van der Waals surface area contributed by atoms with Crippen molar-refractivity contribution in [3.8, 4) is 12.3 Å². The molecule has 2 atom stereocenters. The number of aliphatic carboxylic acids is 1. The number of carbonyl (C=O) groups excluding carboxylic acids is 1. The molecule has 0 aliphatic heterocycles. The largest absolute Gasteiger partial charge is 0.480 e. The van der Waals surface area contributed by atoms with Gasteiger partial charge in [0, 0.05) is 6.42 Å². The average molecular weight is 184 g/mol. The third-order valence-electron chi connectivity index (χ3n) is 1.35. The van der Waals surface area contributed by atoms with Gasteiger partial charge in [0.25, 0.3) is 0 Å². The number of carboxylic acids is 1. The number of carboxylic acid groups (broad SMARTS) is 1. The molecule has 0 aromatic carbocycles. The fourth-order valence-electron chi connectivity index (χ4n) is 0.621. The van der Waals surface area contributed by atoms with Gasteiger partial charge >= 0.3 is 5.97 Å². The molecule has 0 aromatic heterocycles. The molecule has 5 heteroatoms. The SMILES string of the molecule is C#CC[C@@H](NC(=O)[C@H](C)N)C(=O)O. The molecule has 0 bridgehead atoms. The predicted octanol–water partition coefficient (Wildman–Crippen LogP) is -1.07. The highest BCUT2D eigenvalue weighted by Gasteiger charge is 2.19. The molecular weight excluding hydrogens is 172 g/mol. The van der Waals surface area contributed by atoms with Gasteiger partial charge in [0.2, 0.25) is 5.91 Å². The highest BCUT2D eigenvalue weighted by molar-refractivity contribution is 5.86. The molecule has 0 spiro atoms. The summed E-state index contributed by atoms with van der Waals surface area (Å²) >= 11 is 0. The molecule has 1 amide bonds. The van der Waals surface area contributed by atoms with Gasteiger partial charge in [-0.25, -0.2) is 4.79 Å². The standard InChI is InChI=1S/C8H12N2O3/c1-3-4-6(8(12)13)10-7(11)5(2)9/h1,5-6H,4,9H2,2H3,(H,10,11)(H,12,13)/t5-,6+/m0/s1. The van der Waals surface area contributed by atoms with E-state index in [-0.39, 0.29) is 6.42 Å². The predicted molar refractivity (Wildman–Crippen MR) is 46.7 cm³/mol. The lowest BCUT2D eigenvalue weighted by Gasteiger charge is -2.13. The highest BCUT2D eigenvalue weighted by atomic mass is 16.4. The fraction of sp³-hybridized carbons (Fsp3) is 0.500. The Hall–Kier alpha value is -1.54. The van der Waals surface area contributed by atoms with Crippen LogP contribution in [-0.2, 0) is 9.59 Å². The number of terminal acetylenes is 1. The summed E-state index contributed by atoms with van der Waals surface area (Å²) in [7, 11) is 0. The molecule has 0 fully saturated rings. The van der Waals surface area contributed by atoms with Crippen molar-refractivity contribution in [3.63, 3.8) is 0 Å². The van der Waals surface area contributed by atoms with Crippen LogP contribution in [0.25, 0.3) is 0 Å². The van der Waals surface area contributed by atoms with Crippen molar-refractivity contribution in [2.45, 2.75) is 25.4 Å². The van der Waals surface area contributed by atoms with Crippen LogP contribution < -0.4 is 11.1 Å². The number of rotatable bonds is 4. The van der Waals surface area contributed by atoms with Crippen molar-refractivity contribution in [1.29, 1.82) is 0 Å². The zero-order valence-electron chi connectivity index (χ0n) is 7.28. The van der Waals surface area contributed by atoms with Gasteiger partial charge in [-0.3, -0.25) is 4.79 Å². The van der Waals surface area contributed by atoms with E-state index < -0.39 is 24.0 Å². The van der Waals surface area contributed by atoms with Crippen molar-refractivity contribution in [1.82, 2.24) is 5.32 Å². The van der Waals surface area contributed by atoms with Crippen LogP contribution in [-0.4, -0.2) is 29.1 Å². The van der Waals surface area contributed by atoms with Gasteiger partial charge in [-0.05, 0) is 6.92 Å². The smallest absolute Gasteiger partial charge is 0.327 e. The molecular formula is C8H12N2O3. The van der Waals surface area contributed by atoms with E-state index in [2.05, 4.69) is 11.2 Å². The van der Waals surface area contributed by atoms with Crippen molar-refractivity contribution in [2.75, 3.05) is 0 Å². The minimum absolute atomic E-state index is 0.0478. The summed E-state index contributed by atoms with van der Waals surface area (Å²) in [5.41, 5.74) is 5.22. The first-order valence-corrected chi connectivity index (χ1v) is 3.71. The van der Waals surface area contributed by atoms with E-state index in [0.717, 1.165) is 0 Å². The van der Waals surface area contributed by atoms with Gasteiger partial charge in [0.15, 0.2) is 0 Å². The third-order valence-corrected chi connectivity index (χ3v) is 1.35. The maximum Gasteiger partial charge on any atom is 0.327 e. The Labute approximate surface area is 76.3 Å². The Balaban J connectivity index is 4.20. The minimum atomic E-state index is -1.16. The molecule has 0 rings (SSSR count). The Bertz CT molecular complexity index is 242. The van der Waals surface area contributed by atoms with Crippen LogP contribution in [0, 0.1) is 12.3 Å². The van der Waals surface area contributed by atoms with Crippen molar-refractivity contribution in [2.24, 2.45) is 5.73 Å². The topological polar surface area (TPSA) is 92.4 Å². The van der Waals surface area contributed by atoms with E-state index in [1.807, 2.05) is 0 Å². The van der Waals surface area contributed by atoms with E-state index in [9.17, 15) is 9.59 Å². The first kappa shape index (κ1) is 11.5. The number of amides is 1. The van der Waals surface area contributed by atoms with Crippen molar-refractivity contribution < 1.29 is 14.7 Å². The van der Waals surface area contributed by atoms with E-state index >= 15 is 0 Å². The normalized spacial score (nSPS) is 13.9. The summed E-state index contributed by atoms with van der Waals surface area (Å²) in [5.74, 6) is 0.471. The third kappa shape index (κ3) is 4.13. The van der Waals surface area contributed by atoms with Gasteiger partial charge in [-0.2, -0.15) is 0 Å². The zero-order chi connectivity index (χ0) is 10.4. The van der Waals surface area contributed by atoms with Crippen LogP contribution in [0.4, 0.5) is 0 Å². The first-order chi connectivity index (χ1) is 5.99. The molecule has 0 unspecified atom stereocenters. The lowest BCUT2D eigenvalue weighted by molar-refractivity contribution is -0.141. The molecule has 4 N–H and O–H groups in total. The molecule has 0 aliphatic rings. The molecule has 0 aromatic rings. The number of carbonyl (C=O) groups is 2. The Morgan fingerprint density at radius 1 is 1.69 bits per heavy atom. The molecule has 13 heavy (non-hydrogen) atoms. The monoisotopic (exact) mass is 184 g/mol. The van der Waals surface area contributed by atoms with Crippen LogP contribution in [0.3, 0.4) is 0 Å². The maximum absolute atomic E-state index is 11.0. The molecule has 5 nitrogen and oxygen atoms in total. The molecule has 0 radical (unpaired) electrons. The van der Waals surface area contributed by atoms with Crippen molar-refractivity contribution in [3.05, 3.63) is 0 Å². The van der Waals surface area contributed by atoms with Crippen LogP contribution >= 0.6 is 0 Å². The van der Waals surface area contributed by atoms with Crippen molar-refractivity contribution >= 4 is 11.9 Å². The van der Waals surface area contributed by atoms with E-state index in [4.69, 9.17) is 17.3 Å². The summed E-state index contributed by atoms with van der Waals surface area (Å²) in [6.07, 6.45) is 4.88. The lowest BCUT2D eigenvalue weighted by atomic mass is 10.2. The summed E-state index contributed by atoms with van der Waals surface area (Å²) in [6, 6.07) is -1.79. The van der Waals surface area contributed by atoms with Gasteiger partial charge < -0.3 is 16.2 Å². The molecule has 72 valence electrons. The van der Waals surface area contributed by atoms with Crippen LogP contribution in [0.2, 0.25) is 0 Å². The Kier molecular flexibility index (Phi) is 4.55. The quantitative estimate of drug-likeness (QED) is 0.485. The second-order valence-electron chi connectivity index (χ2n) is 2.60. The summed E-state index contributed by atoms with van der Waals surface area (Å²) in [4.78, 5) is 21.5.